The first-order chi connectivity index (χ1) is 7.81. The topological polar surface area (TPSA) is 69.9 Å². The molecule has 4 N–H and O–H groups in total. The van der Waals surface area contributed by atoms with Crippen LogP contribution in [0.2, 0.25) is 0 Å². The maximum Gasteiger partial charge on any atom is 0.144 e. The lowest BCUT2D eigenvalue weighted by atomic mass is 10.2. The van der Waals surface area contributed by atoms with Crippen LogP contribution in [0.5, 0.6) is 0 Å². The van der Waals surface area contributed by atoms with Crippen LogP contribution in [0.3, 0.4) is 0 Å². The number of anilines is 1. The van der Waals surface area contributed by atoms with Gasteiger partial charge >= 0.3 is 0 Å². The lowest BCUT2D eigenvalue weighted by Crippen LogP contribution is -2.11. The molecule has 4 nitrogen and oxygen atoms in total. The van der Waals surface area contributed by atoms with Crippen molar-refractivity contribution in [3.63, 3.8) is 0 Å². The first-order valence-electron chi connectivity index (χ1n) is 5.34. The van der Waals surface area contributed by atoms with Crippen molar-refractivity contribution in [2.75, 3.05) is 12.3 Å². The van der Waals surface area contributed by atoms with E-state index in [4.69, 9.17) is 11.5 Å². The molecule has 0 aliphatic carbocycles. The summed E-state index contributed by atoms with van der Waals surface area (Å²) in [4.78, 5) is 4.12. The molecule has 2 rings (SSSR count). The van der Waals surface area contributed by atoms with Gasteiger partial charge in [0.2, 0.25) is 0 Å². The summed E-state index contributed by atoms with van der Waals surface area (Å²) in [6, 6.07) is 10.2. The van der Waals surface area contributed by atoms with E-state index in [2.05, 4.69) is 21.7 Å². The fraction of sp³-hybridized carbons (Fsp3) is 0.250. The van der Waals surface area contributed by atoms with Crippen molar-refractivity contribution in [3.05, 3.63) is 47.9 Å². The van der Waals surface area contributed by atoms with Crippen LogP contribution in [-0.2, 0) is 13.0 Å². The number of imidazole rings is 1. The standard InChI is InChI=1S/C12H16N4/c13-7-6-11-12(14)15-9-16(11)8-10-4-2-1-3-5-10/h1-5,9H,6-8,13-14H2. The average Bonchev–Trinajstić information content (AvgIpc) is 2.64. The average molecular weight is 216 g/mol. The van der Waals surface area contributed by atoms with E-state index in [-0.39, 0.29) is 0 Å². The molecule has 0 amide bonds. The fourth-order valence-electron chi connectivity index (χ4n) is 1.75. The second-order valence-corrected chi connectivity index (χ2v) is 3.73. The molecule has 2 aromatic rings. The van der Waals surface area contributed by atoms with E-state index < -0.39 is 0 Å². The third kappa shape index (κ3) is 2.23. The molecule has 1 aromatic carbocycles. The van der Waals surface area contributed by atoms with Gasteiger partial charge in [0.05, 0.1) is 12.0 Å². The van der Waals surface area contributed by atoms with Gasteiger partial charge in [0.1, 0.15) is 5.82 Å². The highest BCUT2D eigenvalue weighted by Crippen LogP contribution is 2.12. The number of hydrogen-bond donors (Lipinski definition) is 2. The van der Waals surface area contributed by atoms with Crippen molar-refractivity contribution in [3.8, 4) is 0 Å². The summed E-state index contributed by atoms with van der Waals surface area (Å²) in [5.41, 5.74) is 13.6. The molecule has 0 saturated heterocycles. The summed E-state index contributed by atoms with van der Waals surface area (Å²) < 4.78 is 2.05. The summed E-state index contributed by atoms with van der Waals surface area (Å²) in [6.07, 6.45) is 2.53. The van der Waals surface area contributed by atoms with Crippen LogP contribution >= 0.6 is 0 Å². The summed E-state index contributed by atoms with van der Waals surface area (Å²) in [6.45, 7) is 1.38. The predicted molar refractivity (Wildman–Crippen MR) is 64.9 cm³/mol. The highest BCUT2D eigenvalue weighted by Gasteiger charge is 2.07. The molecule has 0 unspecified atom stereocenters. The maximum atomic E-state index is 5.79. The van der Waals surface area contributed by atoms with Crippen LogP contribution < -0.4 is 11.5 Å². The van der Waals surface area contributed by atoms with E-state index >= 15 is 0 Å². The normalized spacial score (nSPS) is 10.6. The smallest absolute Gasteiger partial charge is 0.144 e. The summed E-state index contributed by atoms with van der Waals surface area (Å²) in [7, 11) is 0. The molecule has 0 saturated carbocycles. The van der Waals surface area contributed by atoms with Gasteiger partial charge in [0, 0.05) is 13.0 Å². The molecule has 16 heavy (non-hydrogen) atoms. The van der Waals surface area contributed by atoms with E-state index in [0.29, 0.717) is 12.4 Å². The first-order valence-corrected chi connectivity index (χ1v) is 5.34. The minimum atomic E-state index is 0.585. The van der Waals surface area contributed by atoms with Gasteiger partial charge in [-0.1, -0.05) is 30.3 Å². The monoisotopic (exact) mass is 216 g/mol. The molecule has 0 atom stereocenters. The van der Waals surface area contributed by atoms with E-state index in [1.165, 1.54) is 5.56 Å². The number of nitrogens with two attached hydrogens (primary N) is 2. The van der Waals surface area contributed by atoms with Crippen molar-refractivity contribution < 1.29 is 0 Å². The summed E-state index contributed by atoms with van der Waals surface area (Å²) >= 11 is 0. The lowest BCUT2D eigenvalue weighted by molar-refractivity contribution is 0.734. The van der Waals surface area contributed by atoms with Crippen LogP contribution in [0.1, 0.15) is 11.3 Å². The third-order valence-electron chi connectivity index (χ3n) is 2.56. The summed E-state index contributed by atoms with van der Waals surface area (Å²) in [5, 5.41) is 0. The van der Waals surface area contributed by atoms with E-state index in [0.717, 1.165) is 18.7 Å². The van der Waals surface area contributed by atoms with Gasteiger partial charge in [-0.3, -0.25) is 0 Å². The minimum Gasteiger partial charge on any atom is -0.382 e. The molecule has 84 valence electrons. The molecule has 0 fully saturated rings. The number of benzene rings is 1. The second-order valence-electron chi connectivity index (χ2n) is 3.73. The van der Waals surface area contributed by atoms with Gasteiger partial charge < -0.3 is 16.0 Å². The quantitative estimate of drug-likeness (QED) is 0.801. The second kappa shape index (κ2) is 4.81. The van der Waals surface area contributed by atoms with Crippen LogP contribution in [0.4, 0.5) is 5.82 Å². The molecule has 4 heteroatoms. The number of nitrogen functional groups attached to an aromatic ring is 1. The third-order valence-corrected chi connectivity index (χ3v) is 2.56. The lowest BCUT2D eigenvalue weighted by Gasteiger charge is -2.07. The van der Waals surface area contributed by atoms with E-state index in [1.807, 2.05) is 18.2 Å². The van der Waals surface area contributed by atoms with Crippen LogP contribution in [0.25, 0.3) is 0 Å². The van der Waals surface area contributed by atoms with Crippen molar-refractivity contribution in [2.24, 2.45) is 5.73 Å². The molecule has 1 aromatic heterocycles. The van der Waals surface area contributed by atoms with Crippen molar-refractivity contribution >= 4 is 5.82 Å². The van der Waals surface area contributed by atoms with E-state index in [9.17, 15) is 0 Å². The van der Waals surface area contributed by atoms with Crippen molar-refractivity contribution in [1.82, 2.24) is 9.55 Å². The van der Waals surface area contributed by atoms with Crippen molar-refractivity contribution in [2.45, 2.75) is 13.0 Å². The molecule has 0 bridgehead atoms. The zero-order valence-corrected chi connectivity index (χ0v) is 9.13. The number of aromatic nitrogens is 2. The molecular formula is C12H16N4. The van der Waals surface area contributed by atoms with E-state index in [1.54, 1.807) is 6.33 Å². The predicted octanol–water partition coefficient (Wildman–Crippen LogP) is 1.01. The number of rotatable bonds is 4. The first kappa shape index (κ1) is 10.7. The van der Waals surface area contributed by atoms with Crippen LogP contribution in [0, 0.1) is 0 Å². The Morgan fingerprint density at radius 3 is 2.62 bits per heavy atom. The Morgan fingerprint density at radius 2 is 1.94 bits per heavy atom. The minimum absolute atomic E-state index is 0.585. The van der Waals surface area contributed by atoms with Crippen molar-refractivity contribution in [1.29, 1.82) is 0 Å². The highest BCUT2D eigenvalue weighted by atomic mass is 15.1. The van der Waals surface area contributed by atoms with Gasteiger partial charge in [-0.2, -0.15) is 0 Å². The van der Waals surface area contributed by atoms with Crippen LogP contribution in [-0.4, -0.2) is 16.1 Å². The molecule has 0 spiro atoms. The van der Waals surface area contributed by atoms with Gasteiger partial charge in [0.25, 0.3) is 0 Å². The molecule has 1 heterocycles. The molecule has 0 radical (unpaired) electrons. The molecular weight excluding hydrogens is 200 g/mol. The number of nitrogens with zero attached hydrogens (tertiary/aromatic N) is 2. The Balaban J connectivity index is 2.21. The van der Waals surface area contributed by atoms with Gasteiger partial charge in [0.15, 0.2) is 0 Å². The largest absolute Gasteiger partial charge is 0.382 e. The zero-order valence-electron chi connectivity index (χ0n) is 9.13. The number of hydrogen-bond acceptors (Lipinski definition) is 3. The summed E-state index contributed by atoms with van der Waals surface area (Å²) in [5.74, 6) is 0.585. The van der Waals surface area contributed by atoms with Gasteiger partial charge in [-0.05, 0) is 12.1 Å². The SMILES string of the molecule is NCCc1c(N)ncn1Cc1ccccc1. The zero-order chi connectivity index (χ0) is 11.4. The van der Waals surface area contributed by atoms with Gasteiger partial charge in [-0.15, -0.1) is 0 Å². The Labute approximate surface area is 94.9 Å². The molecule has 0 aliphatic heterocycles. The van der Waals surface area contributed by atoms with Crippen LogP contribution in [0.15, 0.2) is 36.7 Å². The Hall–Kier alpha value is -1.81. The highest BCUT2D eigenvalue weighted by molar-refractivity contribution is 5.35. The molecule has 0 aliphatic rings. The Kier molecular flexibility index (Phi) is 3.22. The maximum absolute atomic E-state index is 5.79. The Morgan fingerprint density at radius 1 is 1.19 bits per heavy atom. The fourth-order valence-corrected chi connectivity index (χ4v) is 1.75. The Bertz CT molecular complexity index is 447. The van der Waals surface area contributed by atoms with Gasteiger partial charge in [-0.25, -0.2) is 4.98 Å².